The summed E-state index contributed by atoms with van der Waals surface area (Å²) in [5.74, 6) is 5.52. The van der Waals surface area contributed by atoms with Gasteiger partial charge in [-0.15, -0.1) is 0 Å². The van der Waals surface area contributed by atoms with Crippen LogP contribution in [-0.4, -0.2) is 51.8 Å². The van der Waals surface area contributed by atoms with E-state index in [0.29, 0.717) is 12.2 Å². The maximum absolute atomic E-state index is 5.90. The van der Waals surface area contributed by atoms with E-state index in [-0.39, 0.29) is 0 Å². The molecule has 3 aliphatic carbocycles. The first-order chi connectivity index (χ1) is 10.9. The maximum atomic E-state index is 5.90. The van der Waals surface area contributed by atoms with Crippen LogP contribution in [0.2, 0.25) is 0 Å². The highest BCUT2D eigenvalue weighted by Gasteiger charge is 2.55. The number of fused-ring (bicyclic) bond motifs is 5. The minimum atomic E-state index is 0.411. The molecule has 0 aromatic carbocycles. The summed E-state index contributed by atoms with van der Waals surface area (Å²) in [4.78, 5) is 0. The number of epoxide rings is 2. The van der Waals surface area contributed by atoms with Crippen LogP contribution in [0.25, 0.3) is 0 Å². The third kappa shape index (κ3) is 2.83. The van der Waals surface area contributed by atoms with E-state index in [1.807, 2.05) is 0 Å². The second-order valence-corrected chi connectivity index (χ2v) is 8.31. The van der Waals surface area contributed by atoms with Crippen LogP contribution in [0, 0.1) is 35.5 Å². The summed E-state index contributed by atoms with van der Waals surface area (Å²) >= 11 is 0. The van der Waals surface area contributed by atoms with Gasteiger partial charge in [0.15, 0.2) is 0 Å². The average molecular weight is 308 g/mol. The van der Waals surface area contributed by atoms with Gasteiger partial charge in [-0.2, -0.15) is 0 Å². The maximum Gasteiger partial charge on any atom is 0.104 e. The zero-order valence-electron chi connectivity index (χ0n) is 13.3. The molecule has 5 aliphatic rings. The van der Waals surface area contributed by atoms with Gasteiger partial charge in [-0.05, 0) is 61.2 Å². The fourth-order valence-electron chi connectivity index (χ4n) is 5.70. The van der Waals surface area contributed by atoms with Gasteiger partial charge in [-0.1, -0.05) is 0 Å². The van der Waals surface area contributed by atoms with Gasteiger partial charge in [0.05, 0.1) is 26.4 Å². The highest BCUT2D eigenvalue weighted by Crippen LogP contribution is 2.62. The minimum absolute atomic E-state index is 0.411. The summed E-state index contributed by atoms with van der Waals surface area (Å²) in [6.45, 7) is 5.40. The predicted octanol–water partition coefficient (Wildman–Crippen LogP) is 2.12. The van der Waals surface area contributed by atoms with E-state index in [1.54, 1.807) is 0 Å². The van der Waals surface area contributed by atoms with Crippen molar-refractivity contribution >= 4 is 0 Å². The molecule has 0 aromatic rings. The number of ether oxygens (including phenoxy) is 4. The first-order valence-electron chi connectivity index (χ1n) is 9.25. The minimum Gasteiger partial charge on any atom is -0.378 e. The van der Waals surface area contributed by atoms with E-state index in [4.69, 9.17) is 18.9 Å². The molecule has 5 rings (SSSR count). The molecule has 2 aliphatic heterocycles. The fourth-order valence-corrected chi connectivity index (χ4v) is 5.70. The molecular weight excluding hydrogens is 280 g/mol. The molecule has 4 nitrogen and oxygen atoms in total. The Hall–Kier alpha value is -0.160. The molecule has 0 amide bonds. The van der Waals surface area contributed by atoms with Gasteiger partial charge in [0.1, 0.15) is 12.2 Å². The van der Waals surface area contributed by atoms with Gasteiger partial charge in [-0.3, -0.25) is 0 Å². The van der Waals surface area contributed by atoms with E-state index in [1.165, 1.54) is 25.7 Å². The number of hydrogen-bond acceptors (Lipinski definition) is 4. The van der Waals surface area contributed by atoms with Crippen molar-refractivity contribution in [3.05, 3.63) is 0 Å². The van der Waals surface area contributed by atoms with Crippen LogP contribution < -0.4 is 0 Å². The Balaban J connectivity index is 1.09. The summed E-state index contributed by atoms with van der Waals surface area (Å²) in [5, 5.41) is 0. The molecule has 0 N–H and O–H groups in total. The SMILES string of the molecule is C(OCC1CO1)C1CC2C3CC(COCC4CO4)C(C3)C2C1. The zero-order chi connectivity index (χ0) is 14.5. The number of rotatable bonds is 8. The van der Waals surface area contributed by atoms with Crippen molar-refractivity contribution in [3.8, 4) is 0 Å². The van der Waals surface area contributed by atoms with Crippen molar-refractivity contribution in [3.63, 3.8) is 0 Å². The van der Waals surface area contributed by atoms with Gasteiger partial charge in [-0.25, -0.2) is 0 Å². The average Bonchev–Trinajstić information content (AvgIpc) is 3.39. The van der Waals surface area contributed by atoms with Crippen molar-refractivity contribution in [2.24, 2.45) is 35.5 Å². The van der Waals surface area contributed by atoms with E-state index < -0.39 is 0 Å². The van der Waals surface area contributed by atoms with E-state index in [0.717, 1.165) is 75.1 Å². The third-order valence-electron chi connectivity index (χ3n) is 6.80. The van der Waals surface area contributed by atoms with Crippen LogP contribution in [0.15, 0.2) is 0 Å². The van der Waals surface area contributed by atoms with E-state index >= 15 is 0 Å². The lowest BCUT2D eigenvalue weighted by Crippen LogP contribution is -2.27. The van der Waals surface area contributed by atoms with Crippen molar-refractivity contribution < 1.29 is 18.9 Å². The van der Waals surface area contributed by atoms with Gasteiger partial charge in [0, 0.05) is 13.2 Å². The van der Waals surface area contributed by atoms with Crippen LogP contribution in [0.4, 0.5) is 0 Å². The molecule has 0 aromatic heterocycles. The molecule has 8 unspecified atom stereocenters. The quantitative estimate of drug-likeness (QED) is 0.644. The molecule has 124 valence electrons. The van der Waals surface area contributed by atoms with E-state index in [9.17, 15) is 0 Å². The molecule has 2 bridgehead atoms. The van der Waals surface area contributed by atoms with Crippen molar-refractivity contribution in [1.29, 1.82) is 0 Å². The Labute approximate surface area is 132 Å². The van der Waals surface area contributed by atoms with Gasteiger partial charge in [0.2, 0.25) is 0 Å². The molecule has 5 fully saturated rings. The summed E-state index contributed by atoms with van der Waals surface area (Å²) in [6, 6.07) is 0. The second kappa shape index (κ2) is 5.73. The highest BCUT2D eigenvalue weighted by atomic mass is 16.6. The summed E-state index contributed by atoms with van der Waals surface area (Å²) in [6.07, 6.45) is 6.54. The first kappa shape index (κ1) is 14.2. The lowest BCUT2D eigenvalue weighted by Gasteiger charge is -2.31. The van der Waals surface area contributed by atoms with Crippen LogP contribution in [0.1, 0.15) is 25.7 Å². The largest absolute Gasteiger partial charge is 0.378 e. The zero-order valence-corrected chi connectivity index (χ0v) is 13.3. The van der Waals surface area contributed by atoms with Gasteiger partial charge < -0.3 is 18.9 Å². The molecule has 4 heteroatoms. The monoisotopic (exact) mass is 308 g/mol. The lowest BCUT2D eigenvalue weighted by atomic mass is 9.76. The lowest BCUT2D eigenvalue weighted by molar-refractivity contribution is 0.0478. The molecule has 2 saturated heterocycles. The second-order valence-electron chi connectivity index (χ2n) is 8.31. The standard InChI is InChI=1S/C18H28O4/c1-11(5-19-7-14-9-21-14)2-18-16(1)12-3-13(17(18)4-12)6-20-8-15-10-22-15/h11-18H,1-10H2. The normalized spacial score (nSPS) is 51.3. The first-order valence-corrected chi connectivity index (χ1v) is 9.25. The smallest absolute Gasteiger partial charge is 0.104 e. The Morgan fingerprint density at radius 2 is 1.36 bits per heavy atom. The Bertz CT molecular complexity index is 406. The molecule has 8 atom stereocenters. The number of hydrogen-bond donors (Lipinski definition) is 0. The molecule has 22 heavy (non-hydrogen) atoms. The molecule has 3 saturated carbocycles. The summed E-state index contributed by atoms with van der Waals surface area (Å²) in [5.41, 5.74) is 0. The summed E-state index contributed by atoms with van der Waals surface area (Å²) < 4.78 is 22.2. The third-order valence-corrected chi connectivity index (χ3v) is 6.80. The van der Waals surface area contributed by atoms with Crippen LogP contribution in [0.3, 0.4) is 0 Å². The molecule has 0 radical (unpaired) electrons. The summed E-state index contributed by atoms with van der Waals surface area (Å²) in [7, 11) is 0. The topological polar surface area (TPSA) is 43.5 Å². The molecular formula is C18H28O4. The van der Waals surface area contributed by atoms with Crippen LogP contribution in [0.5, 0.6) is 0 Å². The fraction of sp³-hybridized carbons (Fsp3) is 1.00. The Kier molecular flexibility index (Phi) is 3.70. The van der Waals surface area contributed by atoms with Crippen molar-refractivity contribution in [2.45, 2.75) is 37.9 Å². The van der Waals surface area contributed by atoms with Gasteiger partial charge in [0.25, 0.3) is 0 Å². The van der Waals surface area contributed by atoms with E-state index in [2.05, 4.69) is 0 Å². The predicted molar refractivity (Wildman–Crippen MR) is 80.5 cm³/mol. The Morgan fingerprint density at radius 3 is 2.09 bits per heavy atom. The molecule has 2 heterocycles. The van der Waals surface area contributed by atoms with Crippen LogP contribution in [-0.2, 0) is 18.9 Å². The highest BCUT2D eigenvalue weighted by molar-refractivity contribution is 5.04. The van der Waals surface area contributed by atoms with Crippen LogP contribution >= 0.6 is 0 Å². The van der Waals surface area contributed by atoms with Crippen molar-refractivity contribution in [1.82, 2.24) is 0 Å². The molecule has 0 spiro atoms. The van der Waals surface area contributed by atoms with Crippen molar-refractivity contribution in [2.75, 3.05) is 39.6 Å². The Morgan fingerprint density at radius 1 is 0.682 bits per heavy atom. The van der Waals surface area contributed by atoms with Gasteiger partial charge >= 0.3 is 0 Å².